The summed E-state index contributed by atoms with van der Waals surface area (Å²) in [5, 5.41) is 0. The Bertz CT molecular complexity index is 794. The number of hydrogen-bond donors (Lipinski definition) is 0. The van der Waals surface area contributed by atoms with Gasteiger partial charge >= 0.3 is 0 Å². The van der Waals surface area contributed by atoms with Gasteiger partial charge in [-0.2, -0.15) is 0 Å². The lowest BCUT2D eigenvalue weighted by Gasteiger charge is -2.40. The molecule has 2 aromatic carbocycles. The molecular formula is C23H22N2O. The second-order valence-electron chi connectivity index (χ2n) is 6.30. The third-order valence-electron chi connectivity index (χ3n) is 4.45. The number of carbonyl (C=O) groups excluding carboxylic acids is 1. The number of allylic oxidation sites excluding steroid dienone is 3. The minimum atomic E-state index is -0.772. The summed E-state index contributed by atoms with van der Waals surface area (Å²) < 4.78 is 0. The maximum absolute atomic E-state index is 12.5. The van der Waals surface area contributed by atoms with Gasteiger partial charge in [-0.15, -0.1) is 0 Å². The molecule has 3 rings (SSSR count). The molecule has 3 nitrogen and oxygen atoms in total. The summed E-state index contributed by atoms with van der Waals surface area (Å²) in [5.41, 5.74) is 1.44. The zero-order valence-corrected chi connectivity index (χ0v) is 14.7. The SMILES string of the molecule is C=C/C=C1\N=CC=CN1C(C=O)(Cc1ccccc1)Cc1ccccc1. The molecule has 1 heterocycles. The van der Waals surface area contributed by atoms with Gasteiger partial charge in [0.1, 0.15) is 17.6 Å². The first kappa shape index (κ1) is 17.6. The van der Waals surface area contributed by atoms with Gasteiger partial charge in [-0.3, -0.25) is 0 Å². The molecule has 0 spiro atoms. The van der Waals surface area contributed by atoms with Crippen molar-refractivity contribution in [3.63, 3.8) is 0 Å². The van der Waals surface area contributed by atoms with E-state index >= 15 is 0 Å². The quantitative estimate of drug-likeness (QED) is 0.701. The van der Waals surface area contributed by atoms with Crippen molar-refractivity contribution in [2.45, 2.75) is 18.4 Å². The fraction of sp³-hybridized carbons (Fsp3) is 0.130. The number of rotatable bonds is 7. The minimum Gasteiger partial charge on any atom is -0.319 e. The molecule has 1 aliphatic rings. The maximum Gasteiger partial charge on any atom is 0.146 e. The van der Waals surface area contributed by atoms with E-state index in [1.165, 1.54) is 0 Å². The zero-order chi connectivity index (χ0) is 18.2. The summed E-state index contributed by atoms with van der Waals surface area (Å²) in [6.07, 6.45) is 11.2. The van der Waals surface area contributed by atoms with Gasteiger partial charge in [0, 0.05) is 25.3 Å². The third-order valence-corrected chi connectivity index (χ3v) is 4.45. The van der Waals surface area contributed by atoms with Gasteiger partial charge in [0.2, 0.25) is 0 Å². The molecule has 0 unspecified atom stereocenters. The Hall–Kier alpha value is -3.20. The number of benzene rings is 2. The predicted molar refractivity (Wildman–Crippen MR) is 107 cm³/mol. The van der Waals surface area contributed by atoms with Crippen LogP contribution in [0, 0.1) is 0 Å². The lowest BCUT2D eigenvalue weighted by atomic mass is 9.84. The van der Waals surface area contributed by atoms with Gasteiger partial charge in [-0.25, -0.2) is 4.99 Å². The zero-order valence-electron chi connectivity index (χ0n) is 14.7. The molecule has 0 atom stereocenters. The Morgan fingerprint density at radius 1 is 0.962 bits per heavy atom. The summed E-state index contributed by atoms with van der Waals surface area (Å²) in [5.74, 6) is 0.710. The predicted octanol–water partition coefficient (Wildman–Crippen LogP) is 4.34. The molecule has 26 heavy (non-hydrogen) atoms. The number of carbonyl (C=O) groups is 1. The monoisotopic (exact) mass is 342 g/mol. The highest BCUT2D eigenvalue weighted by molar-refractivity contribution is 5.75. The van der Waals surface area contributed by atoms with Crippen LogP contribution in [0.1, 0.15) is 11.1 Å². The van der Waals surface area contributed by atoms with E-state index in [2.05, 4.69) is 35.8 Å². The van der Waals surface area contributed by atoms with Crippen LogP contribution < -0.4 is 0 Å². The van der Waals surface area contributed by atoms with Crippen LogP contribution >= 0.6 is 0 Å². The van der Waals surface area contributed by atoms with Crippen LogP contribution in [-0.4, -0.2) is 22.9 Å². The second-order valence-corrected chi connectivity index (χ2v) is 6.30. The lowest BCUT2D eigenvalue weighted by Crippen LogP contribution is -2.50. The van der Waals surface area contributed by atoms with Crippen LogP contribution in [0.15, 0.2) is 102 Å². The van der Waals surface area contributed by atoms with Crippen molar-refractivity contribution in [2.24, 2.45) is 4.99 Å². The standard InChI is InChI=1S/C23H22N2O/c1-2-10-22-24-15-9-16-25(22)23(19-26,17-20-11-5-3-6-12-20)18-21-13-7-4-8-14-21/h2-16,19H,1,17-18H2/b22-10+. The maximum atomic E-state index is 12.5. The summed E-state index contributed by atoms with van der Waals surface area (Å²) in [7, 11) is 0. The van der Waals surface area contributed by atoms with E-state index in [1.54, 1.807) is 12.3 Å². The Labute approximate surface area is 154 Å². The van der Waals surface area contributed by atoms with E-state index in [0.717, 1.165) is 17.4 Å². The highest BCUT2D eigenvalue weighted by Crippen LogP contribution is 2.30. The highest BCUT2D eigenvalue weighted by Gasteiger charge is 2.38. The van der Waals surface area contributed by atoms with Gasteiger partial charge in [-0.1, -0.05) is 73.3 Å². The summed E-state index contributed by atoms with van der Waals surface area (Å²) in [4.78, 5) is 18.9. The van der Waals surface area contributed by atoms with Crippen LogP contribution in [0.25, 0.3) is 0 Å². The molecule has 3 heteroatoms. The number of aldehydes is 1. The fourth-order valence-corrected chi connectivity index (χ4v) is 3.26. The van der Waals surface area contributed by atoms with Crippen LogP contribution in [-0.2, 0) is 17.6 Å². The second kappa shape index (κ2) is 8.26. The van der Waals surface area contributed by atoms with Crippen LogP contribution in [0.4, 0.5) is 0 Å². The average molecular weight is 342 g/mol. The smallest absolute Gasteiger partial charge is 0.146 e. The van der Waals surface area contributed by atoms with Crippen LogP contribution in [0.5, 0.6) is 0 Å². The summed E-state index contributed by atoms with van der Waals surface area (Å²) >= 11 is 0. The molecule has 0 saturated carbocycles. The van der Waals surface area contributed by atoms with Gasteiger partial charge < -0.3 is 9.69 Å². The van der Waals surface area contributed by atoms with Crippen LogP contribution in [0.2, 0.25) is 0 Å². The Kier molecular flexibility index (Phi) is 5.59. The van der Waals surface area contributed by atoms with Gasteiger partial charge in [0.15, 0.2) is 0 Å². The van der Waals surface area contributed by atoms with E-state index in [4.69, 9.17) is 0 Å². The van der Waals surface area contributed by atoms with Crippen LogP contribution in [0.3, 0.4) is 0 Å². The summed E-state index contributed by atoms with van der Waals surface area (Å²) in [6.45, 7) is 3.78. The molecule has 0 N–H and O–H groups in total. The highest BCUT2D eigenvalue weighted by atomic mass is 16.1. The van der Waals surface area contributed by atoms with Crippen molar-refractivity contribution in [3.8, 4) is 0 Å². The number of aliphatic imine (C=N–C) groups is 1. The van der Waals surface area contributed by atoms with E-state index in [0.29, 0.717) is 18.7 Å². The first-order valence-electron chi connectivity index (χ1n) is 8.64. The van der Waals surface area contributed by atoms with E-state index in [-0.39, 0.29) is 0 Å². The van der Waals surface area contributed by atoms with Crippen molar-refractivity contribution in [1.82, 2.24) is 4.90 Å². The van der Waals surface area contributed by atoms with E-state index in [9.17, 15) is 4.79 Å². The lowest BCUT2D eigenvalue weighted by molar-refractivity contribution is -0.116. The molecule has 1 aliphatic heterocycles. The third kappa shape index (κ3) is 3.89. The largest absolute Gasteiger partial charge is 0.319 e. The average Bonchev–Trinajstić information content (AvgIpc) is 2.70. The molecule has 0 saturated heterocycles. The van der Waals surface area contributed by atoms with E-state index < -0.39 is 5.54 Å². The molecule has 0 amide bonds. The Balaban J connectivity index is 2.06. The molecular weight excluding hydrogens is 320 g/mol. The molecule has 0 radical (unpaired) electrons. The van der Waals surface area contributed by atoms with Crippen molar-refractivity contribution < 1.29 is 4.79 Å². The summed E-state index contributed by atoms with van der Waals surface area (Å²) in [6, 6.07) is 20.2. The van der Waals surface area contributed by atoms with Gasteiger partial charge in [-0.05, 0) is 23.3 Å². The van der Waals surface area contributed by atoms with E-state index in [1.807, 2.05) is 59.7 Å². The molecule has 0 fully saturated rings. The molecule has 2 aromatic rings. The topological polar surface area (TPSA) is 32.7 Å². The van der Waals surface area contributed by atoms with Crippen molar-refractivity contribution in [1.29, 1.82) is 0 Å². The van der Waals surface area contributed by atoms with Gasteiger partial charge in [0.05, 0.1) is 0 Å². The normalized spacial score (nSPS) is 15.2. The number of nitrogens with zero attached hydrogens (tertiary/aromatic N) is 2. The molecule has 0 aromatic heterocycles. The Morgan fingerprint density at radius 2 is 1.54 bits per heavy atom. The number of hydrogen-bond acceptors (Lipinski definition) is 3. The van der Waals surface area contributed by atoms with Crippen molar-refractivity contribution in [3.05, 3.63) is 109 Å². The fourth-order valence-electron chi connectivity index (χ4n) is 3.26. The minimum absolute atomic E-state index is 0.584. The molecule has 0 aliphatic carbocycles. The molecule has 130 valence electrons. The molecule has 0 bridgehead atoms. The van der Waals surface area contributed by atoms with Gasteiger partial charge in [0.25, 0.3) is 0 Å². The Morgan fingerprint density at radius 3 is 2.04 bits per heavy atom. The van der Waals surface area contributed by atoms with Crippen molar-refractivity contribution >= 4 is 12.5 Å². The first-order chi connectivity index (χ1) is 12.8. The first-order valence-corrected chi connectivity index (χ1v) is 8.64. The van der Waals surface area contributed by atoms with Crippen molar-refractivity contribution in [2.75, 3.05) is 0 Å².